The number of nitrogens with zero attached hydrogens (tertiary/aromatic N) is 1. The van der Waals surface area contributed by atoms with E-state index in [1.54, 1.807) is 0 Å². The van der Waals surface area contributed by atoms with Crippen molar-refractivity contribution in [2.45, 2.75) is 31.3 Å². The lowest BCUT2D eigenvalue weighted by Crippen LogP contribution is -2.19. The van der Waals surface area contributed by atoms with Gasteiger partial charge in [-0.05, 0) is 48.6 Å². The highest BCUT2D eigenvalue weighted by Crippen LogP contribution is 2.44. The van der Waals surface area contributed by atoms with Gasteiger partial charge in [-0.3, -0.25) is 0 Å². The zero-order valence-corrected chi connectivity index (χ0v) is 14.9. The minimum Gasteiger partial charge on any atom is -0.230 e. The number of hydrogen-bond donors (Lipinski definition) is 0. The number of fused-ring (bicyclic) bond motifs is 1. The van der Waals surface area contributed by atoms with E-state index in [1.165, 1.54) is 32.7 Å². The molecule has 0 aliphatic carbocycles. The maximum Gasteiger partial charge on any atom is 0.0709 e. The standard InChI is InChI=1S/C22H21NS/c1-16-7-11-18(12-8-16)22(19-13-9-17(2)10-14-19)23-15-20-5-3-4-6-21(20)24-23/h3-14,22H,15H2,1-2H3. The number of hydrogen-bond acceptors (Lipinski definition) is 2. The summed E-state index contributed by atoms with van der Waals surface area (Å²) in [5.41, 5.74) is 6.73. The Labute approximate surface area is 148 Å². The monoisotopic (exact) mass is 331 g/mol. The molecule has 0 bridgehead atoms. The minimum atomic E-state index is 0.267. The lowest BCUT2D eigenvalue weighted by molar-refractivity contribution is 0.410. The van der Waals surface area contributed by atoms with Crippen molar-refractivity contribution in [1.29, 1.82) is 0 Å². The first-order chi connectivity index (χ1) is 11.7. The molecule has 0 amide bonds. The molecule has 0 unspecified atom stereocenters. The van der Waals surface area contributed by atoms with Crippen LogP contribution in [0.1, 0.15) is 33.9 Å². The fourth-order valence-electron chi connectivity index (χ4n) is 3.22. The summed E-state index contributed by atoms with van der Waals surface area (Å²) in [7, 11) is 0. The molecule has 0 spiro atoms. The van der Waals surface area contributed by atoms with Crippen LogP contribution in [0, 0.1) is 13.8 Å². The van der Waals surface area contributed by atoms with E-state index in [1.807, 2.05) is 11.9 Å². The first kappa shape index (κ1) is 15.5. The molecule has 0 aromatic heterocycles. The van der Waals surface area contributed by atoms with Gasteiger partial charge in [0.05, 0.1) is 6.04 Å². The summed E-state index contributed by atoms with van der Waals surface area (Å²) >= 11 is 1.88. The zero-order valence-electron chi connectivity index (χ0n) is 14.1. The van der Waals surface area contributed by atoms with E-state index in [2.05, 4.69) is 90.9 Å². The van der Waals surface area contributed by atoms with Crippen molar-refractivity contribution < 1.29 is 0 Å². The van der Waals surface area contributed by atoms with Gasteiger partial charge in [0.1, 0.15) is 0 Å². The molecule has 3 aromatic carbocycles. The van der Waals surface area contributed by atoms with Gasteiger partial charge in [0.15, 0.2) is 0 Å². The first-order valence-electron chi connectivity index (χ1n) is 8.36. The van der Waals surface area contributed by atoms with E-state index in [0.29, 0.717) is 0 Å². The summed E-state index contributed by atoms with van der Waals surface area (Å²) in [5, 5.41) is 0. The van der Waals surface area contributed by atoms with Gasteiger partial charge >= 0.3 is 0 Å². The minimum absolute atomic E-state index is 0.267. The molecule has 4 rings (SSSR count). The second-order valence-corrected chi connectivity index (χ2v) is 7.59. The van der Waals surface area contributed by atoms with Gasteiger partial charge in [-0.25, -0.2) is 4.31 Å². The highest BCUT2D eigenvalue weighted by atomic mass is 32.2. The van der Waals surface area contributed by atoms with Crippen molar-refractivity contribution in [3.05, 3.63) is 101 Å². The van der Waals surface area contributed by atoms with E-state index in [4.69, 9.17) is 0 Å². The van der Waals surface area contributed by atoms with Gasteiger partial charge in [0.25, 0.3) is 0 Å². The lowest BCUT2D eigenvalue weighted by atomic mass is 9.96. The maximum atomic E-state index is 2.50. The summed E-state index contributed by atoms with van der Waals surface area (Å²) in [5.74, 6) is 0. The second-order valence-electron chi connectivity index (χ2n) is 6.50. The topological polar surface area (TPSA) is 3.24 Å². The molecule has 0 radical (unpaired) electrons. The highest BCUT2D eigenvalue weighted by molar-refractivity contribution is 7.97. The summed E-state index contributed by atoms with van der Waals surface area (Å²) < 4.78 is 2.50. The van der Waals surface area contributed by atoms with E-state index >= 15 is 0 Å². The van der Waals surface area contributed by atoms with Crippen LogP contribution in [0.2, 0.25) is 0 Å². The molecule has 2 heteroatoms. The normalized spacial score (nSPS) is 14.1. The molecule has 1 heterocycles. The molecular formula is C22H21NS. The van der Waals surface area contributed by atoms with Crippen molar-refractivity contribution in [2.75, 3.05) is 0 Å². The summed E-state index contributed by atoms with van der Waals surface area (Å²) in [6, 6.07) is 26.9. The van der Waals surface area contributed by atoms with Crippen molar-refractivity contribution in [2.24, 2.45) is 0 Å². The molecule has 0 fully saturated rings. The van der Waals surface area contributed by atoms with Crippen molar-refractivity contribution in [1.82, 2.24) is 4.31 Å². The van der Waals surface area contributed by atoms with Gasteiger partial charge in [0.2, 0.25) is 0 Å². The molecular weight excluding hydrogens is 310 g/mol. The molecule has 1 nitrogen and oxygen atoms in total. The number of aryl methyl sites for hydroxylation is 2. The van der Waals surface area contributed by atoms with Crippen LogP contribution in [0.5, 0.6) is 0 Å². The van der Waals surface area contributed by atoms with E-state index in [0.717, 1.165) is 6.54 Å². The quantitative estimate of drug-likeness (QED) is 0.548. The van der Waals surface area contributed by atoms with Crippen LogP contribution >= 0.6 is 11.9 Å². The third kappa shape index (κ3) is 3.00. The molecule has 0 N–H and O–H groups in total. The van der Waals surface area contributed by atoms with E-state index in [9.17, 15) is 0 Å². The maximum absolute atomic E-state index is 2.50. The van der Waals surface area contributed by atoms with Crippen molar-refractivity contribution in [3.8, 4) is 0 Å². The Kier molecular flexibility index (Phi) is 4.17. The molecule has 24 heavy (non-hydrogen) atoms. The average Bonchev–Trinajstić information content (AvgIpc) is 3.02. The fraction of sp³-hybridized carbons (Fsp3) is 0.182. The second kappa shape index (κ2) is 6.46. The van der Waals surface area contributed by atoms with Crippen molar-refractivity contribution >= 4 is 11.9 Å². The van der Waals surface area contributed by atoms with E-state index < -0.39 is 0 Å². The van der Waals surface area contributed by atoms with Gasteiger partial charge in [0, 0.05) is 11.4 Å². The third-order valence-corrected chi connectivity index (χ3v) is 5.76. The highest BCUT2D eigenvalue weighted by Gasteiger charge is 2.29. The first-order valence-corrected chi connectivity index (χ1v) is 9.14. The molecule has 1 aliphatic rings. The fourth-order valence-corrected chi connectivity index (χ4v) is 4.41. The van der Waals surface area contributed by atoms with Gasteiger partial charge in [-0.2, -0.15) is 0 Å². The van der Waals surface area contributed by atoms with Crippen LogP contribution in [0.25, 0.3) is 0 Å². The molecule has 0 saturated carbocycles. The average molecular weight is 331 g/mol. The summed E-state index contributed by atoms with van der Waals surface area (Å²) in [6.45, 7) is 5.27. The zero-order chi connectivity index (χ0) is 16.5. The molecule has 120 valence electrons. The van der Waals surface area contributed by atoms with Crippen molar-refractivity contribution in [3.63, 3.8) is 0 Å². The SMILES string of the molecule is Cc1ccc(C(c2ccc(C)cc2)N2Cc3ccccc3S2)cc1. The number of benzene rings is 3. The Morgan fingerprint density at radius 1 is 0.750 bits per heavy atom. The van der Waals surface area contributed by atoms with E-state index in [-0.39, 0.29) is 6.04 Å². The van der Waals surface area contributed by atoms with Gasteiger partial charge in [-0.1, -0.05) is 77.9 Å². The summed E-state index contributed by atoms with van der Waals surface area (Å²) in [6.07, 6.45) is 0. The lowest BCUT2D eigenvalue weighted by Gasteiger charge is -2.27. The van der Waals surface area contributed by atoms with Crippen LogP contribution in [0.15, 0.2) is 77.7 Å². The predicted molar refractivity (Wildman–Crippen MR) is 102 cm³/mol. The van der Waals surface area contributed by atoms with Crippen LogP contribution in [0.4, 0.5) is 0 Å². The smallest absolute Gasteiger partial charge is 0.0709 e. The third-order valence-electron chi connectivity index (χ3n) is 4.59. The van der Waals surface area contributed by atoms with Crippen LogP contribution in [0.3, 0.4) is 0 Å². The van der Waals surface area contributed by atoms with Crippen LogP contribution < -0.4 is 0 Å². The van der Waals surface area contributed by atoms with Crippen LogP contribution in [-0.2, 0) is 6.54 Å². The van der Waals surface area contributed by atoms with Crippen LogP contribution in [-0.4, -0.2) is 4.31 Å². The molecule has 0 atom stereocenters. The molecule has 0 saturated heterocycles. The Balaban J connectivity index is 1.74. The number of rotatable bonds is 3. The van der Waals surface area contributed by atoms with Gasteiger partial charge < -0.3 is 0 Å². The predicted octanol–water partition coefficient (Wildman–Crippen LogP) is 5.92. The Morgan fingerprint density at radius 2 is 1.29 bits per heavy atom. The van der Waals surface area contributed by atoms with Gasteiger partial charge in [-0.15, -0.1) is 0 Å². The largest absolute Gasteiger partial charge is 0.230 e. The Morgan fingerprint density at radius 3 is 1.83 bits per heavy atom. The Hall–Kier alpha value is -2.03. The molecule has 1 aliphatic heterocycles. The molecule has 3 aromatic rings. The Bertz CT molecular complexity index is 766. The summed E-state index contributed by atoms with van der Waals surface area (Å²) in [4.78, 5) is 1.38.